The smallest absolute Gasteiger partial charge is 0.378 e. The first-order chi connectivity index (χ1) is 5.49. The predicted octanol–water partition coefficient (Wildman–Crippen LogP) is 2.70. The number of ether oxygens (including phenoxy) is 1. The lowest BCUT2D eigenvalue weighted by atomic mass is 10.2. The van der Waals surface area contributed by atoms with Gasteiger partial charge in [0.15, 0.2) is 0 Å². The summed E-state index contributed by atoms with van der Waals surface area (Å²) in [5, 5.41) is 0. The van der Waals surface area contributed by atoms with Crippen LogP contribution in [0.15, 0.2) is 0 Å². The third kappa shape index (κ3) is 6.39. The van der Waals surface area contributed by atoms with Gasteiger partial charge < -0.3 is 4.74 Å². The van der Waals surface area contributed by atoms with E-state index in [0.717, 1.165) is 0 Å². The topological polar surface area (TPSA) is 9.23 Å². The molecule has 0 radical (unpaired) electrons. The van der Waals surface area contributed by atoms with Crippen molar-refractivity contribution in [3.8, 4) is 0 Å². The molecule has 1 unspecified atom stereocenters. The first kappa shape index (κ1) is 11.7. The maximum absolute atomic E-state index is 11.7. The Kier molecular flexibility index (Phi) is 5.20. The van der Waals surface area contributed by atoms with Gasteiger partial charge in [-0.15, -0.1) is 0 Å². The van der Waals surface area contributed by atoms with Crippen LogP contribution in [-0.2, 0) is 4.74 Å². The fourth-order valence-corrected chi connectivity index (χ4v) is 0.860. The van der Waals surface area contributed by atoms with Crippen LogP contribution in [0.2, 0.25) is 0 Å². The third-order valence-electron chi connectivity index (χ3n) is 1.29. The van der Waals surface area contributed by atoms with E-state index in [-0.39, 0.29) is 13.0 Å². The molecule has 0 aliphatic rings. The van der Waals surface area contributed by atoms with E-state index in [1.165, 1.54) is 0 Å². The predicted molar refractivity (Wildman–Crippen MR) is 36.7 cm³/mol. The molecule has 0 saturated carbocycles. The molecule has 0 amide bonds. The maximum Gasteiger partial charge on any atom is 0.391 e. The van der Waals surface area contributed by atoms with Crippen molar-refractivity contribution in [3.05, 3.63) is 0 Å². The van der Waals surface area contributed by atoms with E-state index in [9.17, 15) is 17.6 Å². The van der Waals surface area contributed by atoms with E-state index in [1.54, 1.807) is 6.92 Å². The van der Waals surface area contributed by atoms with Crippen molar-refractivity contribution < 1.29 is 22.3 Å². The second-order valence-corrected chi connectivity index (χ2v) is 2.37. The van der Waals surface area contributed by atoms with Crippen molar-refractivity contribution in [2.45, 2.75) is 32.0 Å². The van der Waals surface area contributed by atoms with Gasteiger partial charge in [0.1, 0.15) is 0 Å². The van der Waals surface area contributed by atoms with Gasteiger partial charge in [-0.1, -0.05) is 0 Å². The highest BCUT2D eigenvalue weighted by molar-refractivity contribution is 4.63. The lowest BCUT2D eigenvalue weighted by Crippen LogP contribution is -2.23. The summed E-state index contributed by atoms with van der Waals surface area (Å²) >= 11 is 0. The van der Waals surface area contributed by atoms with Gasteiger partial charge in [0.25, 0.3) is 0 Å². The van der Waals surface area contributed by atoms with Crippen molar-refractivity contribution in [3.63, 3.8) is 0 Å². The van der Waals surface area contributed by atoms with Crippen molar-refractivity contribution in [1.29, 1.82) is 0 Å². The average Bonchev–Trinajstić information content (AvgIpc) is 1.84. The summed E-state index contributed by atoms with van der Waals surface area (Å²) in [4.78, 5) is 0. The first-order valence-electron chi connectivity index (χ1n) is 3.74. The van der Waals surface area contributed by atoms with E-state index in [0.29, 0.717) is 0 Å². The molecule has 74 valence electrons. The zero-order valence-corrected chi connectivity index (χ0v) is 6.83. The van der Waals surface area contributed by atoms with Crippen molar-refractivity contribution in [1.82, 2.24) is 0 Å². The summed E-state index contributed by atoms with van der Waals surface area (Å²) < 4.78 is 51.6. The Balaban J connectivity index is 3.77. The lowest BCUT2D eigenvalue weighted by molar-refractivity contribution is -0.161. The zero-order chi connectivity index (χ0) is 9.61. The molecule has 0 aromatic heterocycles. The maximum atomic E-state index is 11.7. The SMILES string of the molecule is CCOC(CCF)CC(F)(F)F. The minimum absolute atomic E-state index is 0.181. The Morgan fingerprint density at radius 2 is 1.92 bits per heavy atom. The Labute approximate surface area is 68.7 Å². The second kappa shape index (κ2) is 5.35. The standard InChI is InChI=1S/C7H12F4O/c1-2-12-6(3-4-8)5-7(9,10)11/h6H,2-5H2,1H3. The van der Waals surface area contributed by atoms with Gasteiger partial charge in [0, 0.05) is 13.0 Å². The first-order valence-corrected chi connectivity index (χ1v) is 3.74. The van der Waals surface area contributed by atoms with Crippen LogP contribution in [0.1, 0.15) is 19.8 Å². The Hall–Kier alpha value is -0.320. The number of alkyl halides is 4. The van der Waals surface area contributed by atoms with Crippen LogP contribution in [0.3, 0.4) is 0 Å². The van der Waals surface area contributed by atoms with Gasteiger partial charge >= 0.3 is 6.18 Å². The molecule has 5 heteroatoms. The molecule has 0 aliphatic heterocycles. The summed E-state index contributed by atoms with van der Waals surface area (Å²) in [7, 11) is 0. The fraction of sp³-hybridized carbons (Fsp3) is 1.00. The van der Waals surface area contributed by atoms with Crippen LogP contribution in [-0.4, -0.2) is 25.6 Å². The van der Waals surface area contributed by atoms with Gasteiger partial charge in [0.2, 0.25) is 0 Å². The van der Waals surface area contributed by atoms with Gasteiger partial charge in [-0.2, -0.15) is 13.2 Å². The highest BCUT2D eigenvalue weighted by atomic mass is 19.4. The summed E-state index contributed by atoms with van der Waals surface area (Å²) in [6.45, 7) is 0.989. The summed E-state index contributed by atoms with van der Waals surface area (Å²) in [6, 6.07) is 0. The quantitative estimate of drug-likeness (QED) is 0.603. The Morgan fingerprint density at radius 3 is 2.25 bits per heavy atom. The number of hydrogen-bond donors (Lipinski definition) is 0. The molecule has 0 N–H and O–H groups in total. The van der Waals surface area contributed by atoms with Gasteiger partial charge in [-0.25, -0.2) is 0 Å². The summed E-state index contributed by atoms with van der Waals surface area (Å²) in [5.41, 5.74) is 0. The highest BCUT2D eigenvalue weighted by Gasteiger charge is 2.31. The van der Waals surface area contributed by atoms with Crippen molar-refractivity contribution >= 4 is 0 Å². The summed E-state index contributed by atoms with van der Waals surface area (Å²) in [5.74, 6) is 0. The molecule has 0 aliphatic carbocycles. The molecule has 0 aromatic rings. The molecular weight excluding hydrogens is 176 g/mol. The average molecular weight is 188 g/mol. The molecule has 0 fully saturated rings. The van der Waals surface area contributed by atoms with E-state index >= 15 is 0 Å². The highest BCUT2D eigenvalue weighted by Crippen LogP contribution is 2.24. The van der Waals surface area contributed by atoms with Crippen LogP contribution >= 0.6 is 0 Å². The van der Waals surface area contributed by atoms with Crippen LogP contribution in [0.4, 0.5) is 17.6 Å². The molecule has 0 aromatic carbocycles. The van der Waals surface area contributed by atoms with Crippen LogP contribution < -0.4 is 0 Å². The number of rotatable bonds is 5. The Bertz CT molecular complexity index is 106. The number of halogens is 4. The van der Waals surface area contributed by atoms with Crippen molar-refractivity contribution in [2.75, 3.05) is 13.3 Å². The number of hydrogen-bond acceptors (Lipinski definition) is 1. The molecule has 1 atom stereocenters. The van der Waals surface area contributed by atoms with Crippen LogP contribution in [0, 0.1) is 0 Å². The zero-order valence-electron chi connectivity index (χ0n) is 6.83. The van der Waals surface area contributed by atoms with Gasteiger partial charge in [0.05, 0.1) is 19.2 Å². The van der Waals surface area contributed by atoms with Gasteiger partial charge in [-0.05, 0) is 6.92 Å². The van der Waals surface area contributed by atoms with Crippen LogP contribution in [0.25, 0.3) is 0 Å². The van der Waals surface area contributed by atoms with E-state index < -0.39 is 25.4 Å². The molecule has 0 saturated heterocycles. The third-order valence-corrected chi connectivity index (χ3v) is 1.29. The molecule has 0 bridgehead atoms. The molecule has 0 heterocycles. The minimum atomic E-state index is -4.27. The molecule has 1 nitrogen and oxygen atoms in total. The summed E-state index contributed by atoms with van der Waals surface area (Å²) in [6.07, 6.45) is -6.55. The molecular formula is C7H12F4O. The van der Waals surface area contributed by atoms with Gasteiger partial charge in [-0.3, -0.25) is 4.39 Å². The van der Waals surface area contributed by atoms with E-state index in [4.69, 9.17) is 4.74 Å². The van der Waals surface area contributed by atoms with E-state index in [2.05, 4.69) is 0 Å². The monoisotopic (exact) mass is 188 g/mol. The fourth-order valence-electron chi connectivity index (χ4n) is 0.860. The normalized spacial score (nSPS) is 14.8. The van der Waals surface area contributed by atoms with Crippen molar-refractivity contribution in [2.24, 2.45) is 0 Å². The van der Waals surface area contributed by atoms with Crippen LogP contribution in [0.5, 0.6) is 0 Å². The largest absolute Gasteiger partial charge is 0.391 e. The molecule has 0 rings (SSSR count). The van der Waals surface area contributed by atoms with E-state index in [1.807, 2.05) is 0 Å². The molecule has 12 heavy (non-hydrogen) atoms. The Morgan fingerprint density at radius 1 is 1.33 bits per heavy atom. The second-order valence-electron chi connectivity index (χ2n) is 2.37. The lowest BCUT2D eigenvalue weighted by Gasteiger charge is -2.16. The minimum Gasteiger partial charge on any atom is -0.378 e. The molecule has 0 spiro atoms.